The van der Waals surface area contributed by atoms with Gasteiger partial charge in [-0.05, 0) is 38.8 Å². The molecule has 1 heterocycles. The highest BCUT2D eigenvalue weighted by molar-refractivity contribution is 7.89. The summed E-state index contributed by atoms with van der Waals surface area (Å²) in [7, 11) is -2.83. The van der Waals surface area contributed by atoms with E-state index in [0.29, 0.717) is 12.8 Å². The van der Waals surface area contributed by atoms with Crippen LogP contribution in [0.15, 0.2) is 23.1 Å². The normalized spacial score (nSPS) is 22.1. The Kier molecular flexibility index (Phi) is 5.29. The van der Waals surface area contributed by atoms with Crippen molar-refractivity contribution in [2.45, 2.75) is 37.6 Å². The fraction of sp³-hybridized carbons (Fsp3) is 0.500. The summed E-state index contributed by atoms with van der Waals surface area (Å²) < 4.78 is 31.9. The third-order valence-corrected chi connectivity index (χ3v) is 6.42. The number of carbonyl (C=O) groups excluding carboxylic acids is 1. The minimum atomic E-state index is -4.01. The van der Waals surface area contributed by atoms with Crippen molar-refractivity contribution in [1.82, 2.24) is 4.31 Å². The first-order valence-corrected chi connectivity index (χ1v) is 9.07. The van der Waals surface area contributed by atoms with E-state index in [-0.39, 0.29) is 17.0 Å². The van der Waals surface area contributed by atoms with Gasteiger partial charge in [-0.25, -0.2) is 13.2 Å². The first-order chi connectivity index (χ1) is 11.2. The summed E-state index contributed by atoms with van der Waals surface area (Å²) in [5, 5.41) is 9.28. The summed E-state index contributed by atoms with van der Waals surface area (Å²) in [5.41, 5.74) is 0.687. The van der Waals surface area contributed by atoms with E-state index in [1.807, 2.05) is 0 Å². The number of nitrogens with zero attached hydrogens (tertiary/aromatic N) is 1. The van der Waals surface area contributed by atoms with Gasteiger partial charge in [0.25, 0.3) is 0 Å². The maximum atomic E-state index is 13.0. The number of hydrogen-bond donors (Lipinski definition) is 1. The van der Waals surface area contributed by atoms with E-state index in [0.717, 1.165) is 5.56 Å². The molecule has 0 bridgehead atoms. The summed E-state index contributed by atoms with van der Waals surface area (Å²) in [6.45, 7) is 3.55. The van der Waals surface area contributed by atoms with E-state index in [9.17, 15) is 23.1 Å². The number of piperidine rings is 1. The number of sulfonamides is 1. The number of carbonyl (C=O) groups is 2. The minimum absolute atomic E-state index is 0.0397. The summed E-state index contributed by atoms with van der Waals surface area (Å²) >= 11 is 0. The fourth-order valence-corrected chi connectivity index (χ4v) is 4.91. The van der Waals surface area contributed by atoms with Gasteiger partial charge in [0.2, 0.25) is 10.0 Å². The Morgan fingerprint density at radius 3 is 2.58 bits per heavy atom. The standard InChI is InChI=1S/C16H21NO6S/c1-10-6-7-14(13(9-10)16(20)23-3)24(21,22)17-8-4-5-12(11(17)2)15(18)19/h6-7,9,11-12H,4-5,8H2,1-3H3,(H,18,19)/t11-,12-/m0/s1. The Morgan fingerprint density at radius 2 is 2.00 bits per heavy atom. The molecule has 1 N–H and O–H groups in total. The molecule has 0 spiro atoms. The molecule has 1 aromatic carbocycles. The van der Waals surface area contributed by atoms with Crippen molar-refractivity contribution in [2.24, 2.45) is 5.92 Å². The molecule has 0 aliphatic carbocycles. The molecule has 24 heavy (non-hydrogen) atoms. The molecule has 1 saturated heterocycles. The molecule has 0 radical (unpaired) electrons. The molecule has 1 aliphatic rings. The highest BCUT2D eigenvalue weighted by Gasteiger charge is 2.40. The number of esters is 1. The molecule has 1 aromatic rings. The molecule has 0 aromatic heterocycles. The Bertz CT molecular complexity index is 758. The SMILES string of the molecule is COC(=O)c1cc(C)ccc1S(=O)(=O)N1CCC[C@H](C(=O)O)[C@@H]1C. The largest absolute Gasteiger partial charge is 0.481 e. The van der Waals surface area contributed by atoms with Crippen LogP contribution in [0.1, 0.15) is 35.7 Å². The van der Waals surface area contributed by atoms with Crippen LogP contribution in [0.25, 0.3) is 0 Å². The van der Waals surface area contributed by atoms with Crippen LogP contribution in [-0.2, 0) is 19.6 Å². The predicted octanol–water partition coefficient (Wildman–Crippen LogP) is 1.66. The second kappa shape index (κ2) is 6.90. The van der Waals surface area contributed by atoms with Gasteiger partial charge in [0.15, 0.2) is 0 Å². The van der Waals surface area contributed by atoms with Gasteiger partial charge >= 0.3 is 11.9 Å². The lowest BCUT2D eigenvalue weighted by atomic mass is 9.92. The lowest BCUT2D eigenvalue weighted by Crippen LogP contribution is -2.49. The van der Waals surface area contributed by atoms with Gasteiger partial charge < -0.3 is 9.84 Å². The number of aryl methyl sites for hydroxylation is 1. The van der Waals surface area contributed by atoms with Crippen LogP contribution in [-0.4, -0.2) is 49.5 Å². The number of rotatable bonds is 4. The summed E-state index contributed by atoms with van der Waals surface area (Å²) in [4.78, 5) is 23.2. The number of carboxylic acid groups (broad SMARTS) is 1. The van der Waals surface area contributed by atoms with Crippen molar-refractivity contribution in [3.05, 3.63) is 29.3 Å². The zero-order valence-electron chi connectivity index (χ0n) is 13.9. The van der Waals surface area contributed by atoms with Crippen molar-refractivity contribution in [3.63, 3.8) is 0 Å². The van der Waals surface area contributed by atoms with Crippen molar-refractivity contribution >= 4 is 22.0 Å². The summed E-state index contributed by atoms with van der Waals surface area (Å²) in [5.74, 6) is -2.52. The van der Waals surface area contributed by atoms with E-state index < -0.39 is 33.9 Å². The molecule has 7 nitrogen and oxygen atoms in total. The topological polar surface area (TPSA) is 101 Å². The van der Waals surface area contributed by atoms with Gasteiger partial charge in [0.1, 0.15) is 0 Å². The average Bonchev–Trinajstić information content (AvgIpc) is 2.53. The maximum absolute atomic E-state index is 13.0. The van der Waals surface area contributed by atoms with Crippen molar-refractivity contribution in [1.29, 1.82) is 0 Å². The molecular formula is C16H21NO6S. The number of carboxylic acids is 1. The second-order valence-corrected chi connectivity index (χ2v) is 7.79. The molecule has 0 unspecified atom stereocenters. The number of benzene rings is 1. The first-order valence-electron chi connectivity index (χ1n) is 7.63. The molecule has 8 heteroatoms. The fourth-order valence-electron chi connectivity index (χ4n) is 3.05. The Labute approximate surface area is 141 Å². The third kappa shape index (κ3) is 3.29. The molecule has 0 saturated carbocycles. The van der Waals surface area contributed by atoms with Crippen LogP contribution in [0.5, 0.6) is 0 Å². The van der Waals surface area contributed by atoms with Crippen LogP contribution >= 0.6 is 0 Å². The molecule has 1 aliphatic heterocycles. The van der Waals surface area contributed by atoms with E-state index in [1.54, 1.807) is 19.9 Å². The molecule has 132 valence electrons. The van der Waals surface area contributed by atoms with Gasteiger partial charge in [-0.3, -0.25) is 4.79 Å². The molecular weight excluding hydrogens is 334 g/mol. The molecule has 2 rings (SSSR count). The number of methoxy groups -OCH3 is 1. The van der Waals surface area contributed by atoms with Crippen molar-refractivity contribution in [3.8, 4) is 0 Å². The molecule has 0 amide bonds. The average molecular weight is 355 g/mol. The van der Waals surface area contributed by atoms with Crippen LogP contribution in [0.3, 0.4) is 0 Å². The van der Waals surface area contributed by atoms with Crippen molar-refractivity contribution < 1.29 is 27.9 Å². The van der Waals surface area contributed by atoms with E-state index >= 15 is 0 Å². The Morgan fingerprint density at radius 1 is 1.33 bits per heavy atom. The lowest BCUT2D eigenvalue weighted by Gasteiger charge is -2.36. The Balaban J connectivity index is 2.51. The van der Waals surface area contributed by atoms with Gasteiger partial charge in [0, 0.05) is 12.6 Å². The highest BCUT2D eigenvalue weighted by Crippen LogP contribution is 2.31. The van der Waals surface area contributed by atoms with Crippen LogP contribution < -0.4 is 0 Å². The monoisotopic (exact) mass is 355 g/mol. The van der Waals surface area contributed by atoms with Crippen molar-refractivity contribution in [2.75, 3.05) is 13.7 Å². The van der Waals surface area contributed by atoms with Crippen LogP contribution in [0, 0.1) is 12.8 Å². The summed E-state index contributed by atoms with van der Waals surface area (Å²) in [6, 6.07) is 3.74. The zero-order valence-corrected chi connectivity index (χ0v) is 14.7. The van der Waals surface area contributed by atoms with E-state index in [2.05, 4.69) is 4.74 Å². The quantitative estimate of drug-likeness (QED) is 0.824. The predicted molar refractivity (Wildman–Crippen MR) is 86.2 cm³/mol. The third-order valence-electron chi connectivity index (χ3n) is 4.37. The molecule has 2 atom stereocenters. The minimum Gasteiger partial charge on any atom is -0.481 e. The van der Waals surface area contributed by atoms with Crippen LogP contribution in [0.2, 0.25) is 0 Å². The Hall–Kier alpha value is -1.93. The van der Waals surface area contributed by atoms with Gasteiger partial charge in [-0.1, -0.05) is 11.6 Å². The number of aliphatic carboxylic acids is 1. The summed E-state index contributed by atoms with van der Waals surface area (Å²) in [6.07, 6.45) is 0.889. The maximum Gasteiger partial charge on any atom is 0.339 e. The number of hydrogen-bond acceptors (Lipinski definition) is 5. The second-order valence-electron chi connectivity index (χ2n) is 5.93. The van der Waals surface area contributed by atoms with Gasteiger partial charge in [0.05, 0.1) is 23.5 Å². The highest BCUT2D eigenvalue weighted by atomic mass is 32.2. The molecule has 1 fully saturated rings. The zero-order chi connectivity index (χ0) is 18.1. The van der Waals surface area contributed by atoms with Crippen LogP contribution in [0.4, 0.5) is 0 Å². The van der Waals surface area contributed by atoms with E-state index in [1.165, 1.54) is 23.5 Å². The number of ether oxygens (including phenoxy) is 1. The first kappa shape index (κ1) is 18.4. The van der Waals surface area contributed by atoms with E-state index in [4.69, 9.17) is 0 Å². The lowest BCUT2D eigenvalue weighted by molar-refractivity contribution is -0.144. The van der Waals surface area contributed by atoms with Gasteiger partial charge in [-0.2, -0.15) is 4.31 Å². The van der Waals surface area contributed by atoms with Gasteiger partial charge in [-0.15, -0.1) is 0 Å². The smallest absolute Gasteiger partial charge is 0.339 e.